The van der Waals surface area contributed by atoms with Gasteiger partial charge in [-0.2, -0.15) is 0 Å². The van der Waals surface area contributed by atoms with Crippen molar-refractivity contribution in [2.45, 2.75) is 13.3 Å². The molecule has 0 aliphatic heterocycles. The van der Waals surface area contributed by atoms with Crippen LogP contribution in [-0.2, 0) is 0 Å². The van der Waals surface area contributed by atoms with Crippen LogP contribution in [0, 0.1) is 6.92 Å². The predicted octanol–water partition coefficient (Wildman–Crippen LogP) is 2.39. The molecule has 0 saturated heterocycles. The molecule has 3 nitrogen and oxygen atoms in total. The molecule has 0 aliphatic carbocycles. The first kappa shape index (κ1) is 12.4. The molecule has 0 heterocycles. The predicted molar refractivity (Wildman–Crippen MR) is 57.4 cm³/mol. The van der Waals surface area contributed by atoms with Gasteiger partial charge in [0.2, 0.25) is 0 Å². The molecule has 0 atom stereocenters. The van der Waals surface area contributed by atoms with E-state index in [0.29, 0.717) is 5.69 Å². The Morgan fingerprint density at radius 2 is 2.12 bits per heavy atom. The number of carbonyl (C=O) groups is 1. The smallest absolute Gasteiger partial charge is 0.337 e. The number of nitrogens with zero attached hydrogens (tertiary/aromatic N) is 1. The van der Waals surface area contributed by atoms with Gasteiger partial charge in [0.1, 0.15) is 0 Å². The normalized spacial score (nSPS) is 10.6. The maximum atomic E-state index is 12.2. The van der Waals surface area contributed by atoms with Crippen LogP contribution in [0.15, 0.2) is 18.2 Å². The summed E-state index contributed by atoms with van der Waals surface area (Å²) < 4.78 is 24.4. The summed E-state index contributed by atoms with van der Waals surface area (Å²) in [6, 6.07) is 4.71. The van der Waals surface area contributed by atoms with Crippen LogP contribution in [0.2, 0.25) is 0 Å². The average Bonchev–Trinajstić information content (AvgIpc) is 2.16. The molecule has 0 unspecified atom stereocenters. The van der Waals surface area contributed by atoms with Crippen LogP contribution in [0.4, 0.5) is 14.5 Å². The van der Waals surface area contributed by atoms with Crippen LogP contribution in [0.25, 0.3) is 0 Å². The van der Waals surface area contributed by atoms with E-state index in [9.17, 15) is 13.6 Å². The van der Waals surface area contributed by atoms with Crippen LogP contribution in [-0.4, -0.2) is 31.1 Å². The molecule has 0 radical (unpaired) electrons. The van der Waals surface area contributed by atoms with Gasteiger partial charge >= 0.3 is 5.97 Å². The second-order valence-corrected chi connectivity index (χ2v) is 3.60. The standard InChI is InChI=1S/C11H13F2NO2/c1-7-3-4-9(8(5-7)11(15)16)14(2)6-10(12)13/h3-5,10H,6H2,1-2H3,(H,15,16). The Morgan fingerprint density at radius 3 is 2.62 bits per heavy atom. The lowest BCUT2D eigenvalue weighted by molar-refractivity contribution is 0.0697. The summed E-state index contributed by atoms with van der Waals surface area (Å²) in [6.45, 7) is 1.27. The molecule has 0 aliphatic rings. The van der Waals surface area contributed by atoms with Gasteiger partial charge in [0, 0.05) is 7.05 Å². The quantitative estimate of drug-likeness (QED) is 0.861. The molecule has 0 amide bonds. The number of aromatic carboxylic acids is 1. The fraction of sp³-hybridized carbons (Fsp3) is 0.364. The first-order valence-electron chi connectivity index (χ1n) is 4.75. The highest BCUT2D eigenvalue weighted by molar-refractivity contribution is 5.94. The first-order chi connectivity index (χ1) is 7.41. The van der Waals surface area contributed by atoms with Gasteiger partial charge in [-0.25, -0.2) is 13.6 Å². The summed E-state index contributed by atoms with van der Waals surface area (Å²) in [4.78, 5) is 12.2. The van der Waals surface area contributed by atoms with Gasteiger partial charge < -0.3 is 10.0 Å². The molecular weight excluding hydrogens is 216 g/mol. The van der Waals surface area contributed by atoms with E-state index in [1.165, 1.54) is 18.0 Å². The van der Waals surface area contributed by atoms with Gasteiger partial charge in [-0.05, 0) is 19.1 Å². The van der Waals surface area contributed by atoms with Gasteiger partial charge in [-0.3, -0.25) is 0 Å². The molecule has 0 fully saturated rings. The maximum Gasteiger partial charge on any atom is 0.337 e. The van der Waals surface area contributed by atoms with Crippen molar-refractivity contribution in [3.63, 3.8) is 0 Å². The molecular formula is C11H13F2NO2. The molecule has 1 rings (SSSR count). The second-order valence-electron chi connectivity index (χ2n) is 3.60. The summed E-state index contributed by atoms with van der Waals surface area (Å²) >= 11 is 0. The summed E-state index contributed by atoms with van der Waals surface area (Å²) in [5.74, 6) is -1.11. The van der Waals surface area contributed by atoms with Crippen LogP contribution in [0.3, 0.4) is 0 Å². The van der Waals surface area contributed by atoms with E-state index in [1.54, 1.807) is 19.1 Å². The van der Waals surface area contributed by atoms with E-state index in [0.717, 1.165) is 5.56 Å². The number of hydrogen-bond acceptors (Lipinski definition) is 2. The van der Waals surface area contributed by atoms with Gasteiger partial charge in [-0.15, -0.1) is 0 Å². The van der Waals surface area contributed by atoms with E-state index < -0.39 is 18.9 Å². The van der Waals surface area contributed by atoms with Crippen molar-refractivity contribution in [1.82, 2.24) is 0 Å². The van der Waals surface area contributed by atoms with E-state index >= 15 is 0 Å². The van der Waals surface area contributed by atoms with Crippen LogP contribution in [0.1, 0.15) is 15.9 Å². The summed E-state index contributed by atoms with van der Waals surface area (Å²) in [5, 5.41) is 8.96. The molecule has 5 heteroatoms. The number of hydrogen-bond donors (Lipinski definition) is 1. The van der Waals surface area contributed by atoms with Crippen LogP contribution in [0.5, 0.6) is 0 Å². The second kappa shape index (κ2) is 4.92. The minimum absolute atomic E-state index is 0.0446. The number of rotatable bonds is 4. The molecule has 0 bridgehead atoms. The van der Waals surface area contributed by atoms with Crippen molar-refractivity contribution in [3.8, 4) is 0 Å². The summed E-state index contributed by atoms with van der Waals surface area (Å²) in [6.07, 6.45) is -2.49. The van der Waals surface area contributed by atoms with Gasteiger partial charge in [-0.1, -0.05) is 11.6 Å². The highest BCUT2D eigenvalue weighted by atomic mass is 19.3. The maximum absolute atomic E-state index is 12.2. The third kappa shape index (κ3) is 2.92. The zero-order valence-electron chi connectivity index (χ0n) is 9.08. The number of anilines is 1. The van der Waals surface area contributed by atoms with Crippen molar-refractivity contribution in [1.29, 1.82) is 0 Å². The molecule has 88 valence electrons. The fourth-order valence-electron chi connectivity index (χ4n) is 1.46. The largest absolute Gasteiger partial charge is 0.478 e. The Bertz CT molecular complexity index is 394. The Kier molecular flexibility index (Phi) is 3.82. The van der Waals surface area contributed by atoms with Gasteiger partial charge in [0.05, 0.1) is 17.8 Å². The van der Waals surface area contributed by atoms with Crippen molar-refractivity contribution in [3.05, 3.63) is 29.3 Å². The molecule has 16 heavy (non-hydrogen) atoms. The number of halogens is 2. The molecule has 1 aromatic carbocycles. The Balaban J connectivity index is 3.07. The lowest BCUT2D eigenvalue weighted by atomic mass is 10.1. The van der Waals surface area contributed by atoms with Crippen molar-refractivity contribution in [2.75, 3.05) is 18.5 Å². The van der Waals surface area contributed by atoms with E-state index in [1.807, 2.05) is 0 Å². The highest BCUT2D eigenvalue weighted by Crippen LogP contribution is 2.21. The van der Waals surface area contributed by atoms with E-state index in [-0.39, 0.29) is 5.56 Å². The minimum Gasteiger partial charge on any atom is -0.478 e. The van der Waals surface area contributed by atoms with Crippen LogP contribution >= 0.6 is 0 Å². The van der Waals surface area contributed by atoms with Crippen molar-refractivity contribution in [2.24, 2.45) is 0 Å². The zero-order valence-corrected chi connectivity index (χ0v) is 9.08. The van der Waals surface area contributed by atoms with E-state index in [4.69, 9.17) is 5.11 Å². The Morgan fingerprint density at radius 1 is 1.50 bits per heavy atom. The lowest BCUT2D eigenvalue weighted by Gasteiger charge is -2.20. The fourth-order valence-corrected chi connectivity index (χ4v) is 1.46. The van der Waals surface area contributed by atoms with Gasteiger partial charge in [0.25, 0.3) is 6.43 Å². The molecule has 0 aromatic heterocycles. The van der Waals surface area contributed by atoms with Crippen LogP contribution < -0.4 is 4.90 Å². The van der Waals surface area contributed by atoms with Crippen molar-refractivity contribution >= 4 is 11.7 Å². The minimum atomic E-state index is -2.49. The third-order valence-corrected chi connectivity index (χ3v) is 2.21. The van der Waals surface area contributed by atoms with E-state index in [2.05, 4.69) is 0 Å². The lowest BCUT2D eigenvalue weighted by Crippen LogP contribution is -2.25. The zero-order chi connectivity index (χ0) is 12.3. The first-order valence-corrected chi connectivity index (χ1v) is 4.75. The average molecular weight is 229 g/mol. The van der Waals surface area contributed by atoms with Gasteiger partial charge in [0.15, 0.2) is 0 Å². The Labute approximate surface area is 92.3 Å². The number of carboxylic acid groups (broad SMARTS) is 1. The molecule has 0 spiro atoms. The number of carboxylic acids is 1. The molecule has 1 N–H and O–H groups in total. The summed E-state index contributed by atoms with van der Waals surface area (Å²) in [7, 11) is 1.45. The molecule has 0 saturated carbocycles. The van der Waals surface area contributed by atoms with Crippen molar-refractivity contribution < 1.29 is 18.7 Å². The molecule has 1 aromatic rings. The number of aryl methyl sites for hydroxylation is 1. The number of benzene rings is 1. The topological polar surface area (TPSA) is 40.5 Å². The SMILES string of the molecule is Cc1ccc(N(C)CC(F)F)c(C(=O)O)c1. The number of alkyl halides is 2. The monoisotopic (exact) mass is 229 g/mol. The summed E-state index contributed by atoms with van der Waals surface area (Å²) in [5.41, 5.74) is 1.13. The Hall–Kier alpha value is -1.65. The third-order valence-electron chi connectivity index (χ3n) is 2.21. The highest BCUT2D eigenvalue weighted by Gasteiger charge is 2.16.